The molecule has 2 N–H and O–H groups in total. The number of nitrogens with one attached hydrogen (secondary N) is 2. The molecule has 0 spiro atoms. The summed E-state index contributed by atoms with van der Waals surface area (Å²) in [5.74, 6) is -0.436. The van der Waals surface area contributed by atoms with E-state index in [0.717, 1.165) is 11.8 Å². The third-order valence-electron chi connectivity index (χ3n) is 4.04. The SMILES string of the molecule is COC(=O)c1c(SCC(=O)Nc2ccc(OC)cc2)[nH]c2cc(Cl)ccc2c1=O. The normalized spacial score (nSPS) is 10.6. The number of benzene rings is 2. The lowest BCUT2D eigenvalue weighted by atomic mass is 10.1. The van der Waals surface area contributed by atoms with Crippen molar-refractivity contribution in [2.45, 2.75) is 5.03 Å². The first-order valence-electron chi connectivity index (χ1n) is 8.43. The zero-order valence-electron chi connectivity index (χ0n) is 15.6. The molecule has 0 aliphatic heterocycles. The molecule has 9 heteroatoms. The number of ether oxygens (including phenoxy) is 2. The molecule has 0 unspecified atom stereocenters. The van der Waals surface area contributed by atoms with Gasteiger partial charge in [0.2, 0.25) is 11.3 Å². The molecule has 0 aliphatic carbocycles. The van der Waals surface area contributed by atoms with Crippen molar-refractivity contribution in [1.82, 2.24) is 4.98 Å². The van der Waals surface area contributed by atoms with Crippen LogP contribution in [-0.2, 0) is 9.53 Å². The monoisotopic (exact) mass is 432 g/mol. The Morgan fingerprint density at radius 3 is 2.52 bits per heavy atom. The van der Waals surface area contributed by atoms with Crippen LogP contribution in [0.15, 0.2) is 52.3 Å². The highest BCUT2D eigenvalue weighted by atomic mass is 35.5. The van der Waals surface area contributed by atoms with Crippen molar-refractivity contribution in [2.24, 2.45) is 0 Å². The molecule has 29 heavy (non-hydrogen) atoms. The molecular weight excluding hydrogens is 416 g/mol. The highest BCUT2D eigenvalue weighted by molar-refractivity contribution is 8.00. The van der Waals surface area contributed by atoms with Crippen LogP contribution in [0.25, 0.3) is 10.9 Å². The number of carbonyl (C=O) groups excluding carboxylic acids is 2. The summed E-state index contributed by atoms with van der Waals surface area (Å²) in [7, 11) is 2.75. The molecular formula is C20H17ClN2O5S. The number of hydrogen-bond donors (Lipinski definition) is 2. The standard InChI is InChI=1S/C20H17ClN2O5S/c1-27-13-6-4-12(5-7-13)22-16(24)10-29-19-17(20(26)28-2)18(25)14-8-3-11(21)9-15(14)23-19/h3-9H,10H2,1-2H3,(H,22,24)(H,23,25). The van der Waals surface area contributed by atoms with Crippen LogP contribution in [0.5, 0.6) is 5.75 Å². The van der Waals surface area contributed by atoms with E-state index < -0.39 is 11.4 Å². The molecule has 0 fully saturated rings. The topological polar surface area (TPSA) is 97.5 Å². The van der Waals surface area contributed by atoms with E-state index in [0.29, 0.717) is 27.4 Å². The van der Waals surface area contributed by atoms with E-state index in [1.165, 1.54) is 13.2 Å². The van der Waals surface area contributed by atoms with Gasteiger partial charge in [0.15, 0.2) is 0 Å². The van der Waals surface area contributed by atoms with E-state index in [2.05, 4.69) is 10.3 Å². The number of esters is 1. The minimum Gasteiger partial charge on any atom is -0.497 e. The summed E-state index contributed by atoms with van der Waals surface area (Å²) in [6.45, 7) is 0. The van der Waals surface area contributed by atoms with Gasteiger partial charge in [-0.15, -0.1) is 0 Å². The molecule has 1 heterocycles. The van der Waals surface area contributed by atoms with E-state index in [1.54, 1.807) is 43.5 Å². The molecule has 1 amide bonds. The van der Waals surface area contributed by atoms with Gasteiger partial charge in [-0.2, -0.15) is 0 Å². The number of rotatable bonds is 6. The minimum absolute atomic E-state index is 0.0297. The van der Waals surface area contributed by atoms with Gasteiger partial charge >= 0.3 is 5.97 Å². The lowest BCUT2D eigenvalue weighted by Gasteiger charge is -2.10. The highest BCUT2D eigenvalue weighted by Crippen LogP contribution is 2.24. The fraction of sp³-hybridized carbons (Fsp3) is 0.150. The second kappa shape index (κ2) is 9.02. The van der Waals surface area contributed by atoms with Gasteiger partial charge in [0.25, 0.3) is 0 Å². The van der Waals surface area contributed by atoms with Crippen molar-refractivity contribution in [2.75, 3.05) is 25.3 Å². The van der Waals surface area contributed by atoms with Crippen LogP contribution in [0.4, 0.5) is 5.69 Å². The first-order valence-corrected chi connectivity index (χ1v) is 9.80. The molecule has 3 aromatic rings. The second-order valence-corrected chi connectivity index (χ2v) is 7.33. The summed E-state index contributed by atoms with van der Waals surface area (Å²) in [5.41, 5.74) is 0.432. The van der Waals surface area contributed by atoms with E-state index in [-0.39, 0.29) is 22.2 Å². The molecule has 0 radical (unpaired) electrons. The number of hydrogen-bond acceptors (Lipinski definition) is 6. The van der Waals surface area contributed by atoms with Crippen LogP contribution >= 0.6 is 23.4 Å². The van der Waals surface area contributed by atoms with Crippen molar-refractivity contribution in [3.05, 3.63) is 63.3 Å². The largest absolute Gasteiger partial charge is 0.497 e. The summed E-state index contributed by atoms with van der Waals surface area (Å²) >= 11 is 7.02. The Morgan fingerprint density at radius 2 is 1.86 bits per heavy atom. The number of fused-ring (bicyclic) bond motifs is 1. The first kappa shape index (κ1) is 20.8. The molecule has 0 saturated heterocycles. The van der Waals surface area contributed by atoms with E-state index >= 15 is 0 Å². The summed E-state index contributed by atoms with van der Waals surface area (Å²) in [6.07, 6.45) is 0. The average Bonchev–Trinajstić information content (AvgIpc) is 2.72. The number of anilines is 1. The number of aromatic amines is 1. The van der Waals surface area contributed by atoms with Gasteiger partial charge < -0.3 is 19.8 Å². The Labute approximate surface area is 175 Å². The van der Waals surface area contributed by atoms with Gasteiger partial charge in [0.1, 0.15) is 11.3 Å². The molecule has 150 valence electrons. The van der Waals surface area contributed by atoms with Crippen molar-refractivity contribution >= 4 is 51.8 Å². The van der Waals surface area contributed by atoms with Gasteiger partial charge in [-0.1, -0.05) is 23.4 Å². The third-order valence-corrected chi connectivity index (χ3v) is 5.28. The summed E-state index contributed by atoms with van der Waals surface area (Å²) < 4.78 is 9.82. The summed E-state index contributed by atoms with van der Waals surface area (Å²) in [6, 6.07) is 11.6. The Morgan fingerprint density at radius 1 is 1.14 bits per heavy atom. The van der Waals surface area contributed by atoms with Gasteiger partial charge in [-0.05, 0) is 42.5 Å². The smallest absolute Gasteiger partial charge is 0.344 e. The Kier molecular flexibility index (Phi) is 6.46. The van der Waals surface area contributed by atoms with Crippen LogP contribution in [0, 0.1) is 0 Å². The molecule has 2 aromatic carbocycles. The van der Waals surface area contributed by atoms with E-state index in [9.17, 15) is 14.4 Å². The Bertz CT molecular complexity index is 1130. The fourth-order valence-electron chi connectivity index (χ4n) is 2.65. The number of thioether (sulfide) groups is 1. The maximum Gasteiger partial charge on any atom is 0.344 e. The molecule has 0 atom stereocenters. The van der Waals surface area contributed by atoms with E-state index in [1.807, 2.05) is 0 Å². The molecule has 0 saturated carbocycles. The van der Waals surface area contributed by atoms with Crippen LogP contribution in [0.1, 0.15) is 10.4 Å². The lowest BCUT2D eigenvalue weighted by Crippen LogP contribution is -2.20. The number of halogens is 1. The lowest BCUT2D eigenvalue weighted by molar-refractivity contribution is -0.113. The Balaban J connectivity index is 1.84. The van der Waals surface area contributed by atoms with Crippen molar-refractivity contribution in [1.29, 1.82) is 0 Å². The van der Waals surface area contributed by atoms with Crippen LogP contribution in [-0.4, -0.2) is 36.8 Å². The first-order chi connectivity index (χ1) is 13.9. The predicted molar refractivity (Wildman–Crippen MR) is 113 cm³/mol. The van der Waals surface area contributed by atoms with Crippen molar-refractivity contribution < 1.29 is 19.1 Å². The van der Waals surface area contributed by atoms with Gasteiger partial charge in [-0.3, -0.25) is 9.59 Å². The average molecular weight is 433 g/mol. The molecule has 0 bridgehead atoms. The van der Waals surface area contributed by atoms with Gasteiger partial charge in [0, 0.05) is 16.1 Å². The number of aromatic nitrogens is 1. The number of amides is 1. The zero-order chi connectivity index (χ0) is 21.0. The van der Waals surface area contributed by atoms with E-state index in [4.69, 9.17) is 21.1 Å². The second-order valence-electron chi connectivity index (χ2n) is 5.91. The van der Waals surface area contributed by atoms with Crippen LogP contribution in [0.3, 0.4) is 0 Å². The van der Waals surface area contributed by atoms with Crippen molar-refractivity contribution in [3.8, 4) is 5.75 Å². The number of carbonyl (C=O) groups is 2. The maximum absolute atomic E-state index is 12.8. The van der Waals surface area contributed by atoms with Gasteiger partial charge in [-0.25, -0.2) is 4.79 Å². The molecule has 7 nitrogen and oxygen atoms in total. The number of methoxy groups -OCH3 is 2. The van der Waals surface area contributed by atoms with Crippen LogP contribution < -0.4 is 15.5 Å². The number of H-pyrrole nitrogens is 1. The third kappa shape index (κ3) is 4.72. The summed E-state index contributed by atoms with van der Waals surface area (Å²) in [4.78, 5) is 40.2. The maximum atomic E-state index is 12.8. The minimum atomic E-state index is -0.777. The quantitative estimate of drug-likeness (QED) is 0.455. The highest BCUT2D eigenvalue weighted by Gasteiger charge is 2.21. The molecule has 1 aromatic heterocycles. The fourth-order valence-corrected chi connectivity index (χ4v) is 3.67. The predicted octanol–water partition coefficient (Wildman–Crippen LogP) is 3.71. The van der Waals surface area contributed by atoms with Gasteiger partial charge in [0.05, 0.1) is 30.5 Å². The zero-order valence-corrected chi connectivity index (χ0v) is 17.1. The molecule has 3 rings (SSSR count). The Hall–Kier alpha value is -2.97. The van der Waals surface area contributed by atoms with Crippen molar-refractivity contribution in [3.63, 3.8) is 0 Å². The summed E-state index contributed by atoms with van der Waals surface area (Å²) in [5, 5.41) is 3.72. The number of pyridine rings is 1. The van der Waals surface area contributed by atoms with Crippen LogP contribution in [0.2, 0.25) is 5.02 Å². The molecule has 0 aliphatic rings.